The Morgan fingerprint density at radius 2 is 1.79 bits per heavy atom. The minimum atomic E-state index is -0.258. The number of aromatic nitrogens is 3. The van der Waals surface area contributed by atoms with Crippen LogP contribution in [0.2, 0.25) is 0 Å². The SMILES string of the molecule is CCC.Cc1ccc(-c2cc(C(=O)N[C@H](C)c3cnc(C)nc3)cc(N3CCCC3=O)c2)nc1.[HH]. The summed E-state index contributed by atoms with van der Waals surface area (Å²) in [7, 11) is 0. The van der Waals surface area contributed by atoms with Crippen molar-refractivity contribution in [1.82, 2.24) is 20.3 Å². The number of carbonyl (C=O) groups is 2. The van der Waals surface area contributed by atoms with E-state index in [1.165, 1.54) is 6.42 Å². The van der Waals surface area contributed by atoms with Crippen molar-refractivity contribution in [2.45, 2.75) is 59.9 Å². The number of nitrogens with one attached hydrogen (secondary N) is 1. The predicted molar refractivity (Wildman–Crippen MR) is 137 cm³/mol. The van der Waals surface area contributed by atoms with E-state index >= 15 is 0 Å². The highest BCUT2D eigenvalue weighted by Gasteiger charge is 2.24. The van der Waals surface area contributed by atoms with Crippen LogP contribution in [0.4, 0.5) is 5.69 Å². The Hall–Kier alpha value is -3.61. The minimum absolute atomic E-state index is 0. The first kappa shape index (κ1) is 25.0. The molecule has 1 saturated heterocycles. The Bertz CT molecular complexity index is 1130. The van der Waals surface area contributed by atoms with Crippen LogP contribution in [0.15, 0.2) is 48.9 Å². The van der Waals surface area contributed by atoms with E-state index in [4.69, 9.17) is 0 Å². The molecule has 0 aliphatic carbocycles. The van der Waals surface area contributed by atoms with Gasteiger partial charge in [0.25, 0.3) is 5.91 Å². The zero-order valence-electron chi connectivity index (χ0n) is 20.6. The Morgan fingerprint density at radius 3 is 2.38 bits per heavy atom. The van der Waals surface area contributed by atoms with Gasteiger partial charge in [-0.3, -0.25) is 14.6 Å². The monoisotopic (exact) mass is 461 g/mol. The second kappa shape index (κ2) is 11.5. The zero-order chi connectivity index (χ0) is 24.7. The number of aryl methyl sites for hydroxylation is 2. The third-order valence-electron chi connectivity index (χ3n) is 5.42. The molecule has 1 atom stereocenters. The van der Waals surface area contributed by atoms with Gasteiger partial charge < -0.3 is 10.2 Å². The van der Waals surface area contributed by atoms with Gasteiger partial charge in [-0.15, -0.1) is 0 Å². The number of pyridine rings is 1. The summed E-state index contributed by atoms with van der Waals surface area (Å²) < 4.78 is 0. The molecule has 2 aromatic heterocycles. The molecule has 1 N–H and O–H groups in total. The molecule has 7 nitrogen and oxygen atoms in total. The van der Waals surface area contributed by atoms with Crippen molar-refractivity contribution in [2.24, 2.45) is 0 Å². The lowest BCUT2D eigenvalue weighted by molar-refractivity contribution is -0.117. The maximum Gasteiger partial charge on any atom is 0.251 e. The topological polar surface area (TPSA) is 88.1 Å². The van der Waals surface area contributed by atoms with Gasteiger partial charge in [-0.2, -0.15) is 0 Å². The highest BCUT2D eigenvalue weighted by Crippen LogP contribution is 2.29. The fraction of sp³-hybridized carbons (Fsp3) is 0.370. The van der Waals surface area contributed by atoms with E-state index in [0.717, 1.165) is 34.5 Å². The van der Waals surface area contributed by atoms with Gasteiger partial charge >= 0.3 is 0 Å². The van der Waals surface area contributed by atoms with Crippen LogP contribution < -0.4 is 10.2 Å². The van der Waals surface area contributed by atoms with Crippen LogP contribution in [-0.2, 0) is 4.79 Å². The van der Waals surface area contributed by atoms with Crippen molar-refractivity contribution >= 4 is 17.5 Å². The molecule has 1 aliphatic heterocycles. The molecule has 0 unspecified atom stereocenters. The van der Waals surface area contributed by atoms with Gasteiger partial charge in [-0.05, 0) is 57.0 Å². The molecule has 4 rings (SSSR count). The Balaban J connectivity index is 0.00000103. The van der Waals surface area contributed by atoms with Crippen molar-refractivity contribution in [3.8, 4) is 11.3 Å². The number of carbonyl (C=O) groups excluding carboxylic acids is 2. The molecule has 0 saturated carbocycles. The molecule has 0 radical (unpaired) electrons. The normalized spacial score (nSPS) is 13.8. The number of amides is 2. The van der Waals surface area contributed by atoms with E-state index in [9.17, 15) is 9.59 Å². The van der Waals surface area contributed by atoms with Gasteiger partial charge in [0.1, 0.15) is 5.82 Å². The quantitative estimate of drug-likeness (QED) is 0.547. The number of hydrogen-bond acceptors (Lipinski definition) is 5. The van der Waals surface area contributed by atoms with Gasteiger partial charge in [0.05, 0.1) is 11.7 Å². The number of benzene rings is 1. The van der Waals surface area contributed by atoms with Gasteiger partial charge in [0.2, 0.25) is 5.91 Å². The van der Waals surface area contributed by atoms with Crippen molar-refractivity contribution in [1.29, 1.82) is 0 Å². The molecular formula is C27H35N5O2. The summed E-state index contributed by atoms with van der Waals surface area (Å²) >= 11 is 0. The zero-order valence-corrected chi connectivity index (χ0v) is 20.6. The van der Waals surface area contributed by atoms with Crippen LogP contribution in [-0.4, -0.2) is 33.3 Å². The Morgan fingerprint density at radius 1 is 1.09 bits per heavy atom. The van der Waals surface area contributed by atoms with E-state index in [-0.39, 0.29) is 19.3 Å². The average Bonchev–Trinajstić information content (AvgIpc) is 3.26. The second-order valence-corrected chi connectivity index (χ2v) is 8.60. The lowest BCUT2D eigenvalue weighted by atomic mass is 10.0. The van der Waals surface area contributed by atoms with E-state index in [1.54, 1.807) is 29.6 Å². The molecule has 1 aliphatic rings. The van der Waals surface area contributed by atoms with Crippen LogP contribution >= 0.6 is 0 Å². The van der Waals surface area contributed by atoms with Gasteiger partial charge in [0, 0.05) is 55.4 Å². The number of hydrogen-bond donors (Lipinski definition) is 1. The molecule has 0 bridgehead atoms. The fourth-order valence-corrected chi connectivity index (χ4v) is 3.60. The van der Waals surface area contributed by atoms with E-state index < -0.39 is 0 Å². The smallest absolute Gasteiger partial charge is 0.251 e. The van der Waals surface area contributed by atoms with Crippen molar-refractivity contribution < 1.29 is 11.0 Å². The van der Waals surface area contributed by atoms with Gasteiger partial charge in [-0.1, -0.05) is 26.3 Å². The molecule has 7 heteroatoms. The highest BCUT2D eigenvalue weighted by molar-refractivity contribution is 6.00. The Kier molecular flexibility index (Phi) is 8.46. The van der Waals surface area contributed by atoms with E-state index in [1.807, 2.05) is 45.0 Å². The van der Waals surface area contributed by atoms with Crippen molar-refractivity contribution in [3.05, 3.63) is 71.4 Å². The summed E-state index contributed by atoms with van der Waals surface area (Å²) in [5.41, 5.74) is 4.64. The summed E-state index contributed by atoms with van der Waals surface area (Å²) in [5.74, 6) is 0.529. The third-order valence-corrected chi connectivity index (χ3v) is 5.42. The van der Waals surface area contributed by atoms with E-state index in [2.05, 4.69) is 34.1 Å². The predicted octanol–water partition coefficient (Wildman–Crippen LogP) is 5.44. The van der Waals surface area contributed by atoms with Crippen molar-refractivity contribution in [2.75, 3.05) is 11.4 Å². The largest absolute Gasteiger partial charge is 0.345 e. The molecule has 180 valence electrons. The van der Waals surface area contributed by atoms with E-state index in [0.29, 0.717) is 24.4 Å². The first-order chi connectivity index (χ1) is 16.3. The minimum Gasteiger partial charge on any atom is -0.345 e. The van der Waals surface area contributed by atoms with Crippen LogP contribution in [0.25, 0.3) is 11.3 Å². The number of rotatable bonds is 5. The summed E-state index contributed by atoms with van der Waals surface area (Å²) in [5, 5.41) is 3.01. The van der Waals surface area contributed by atoms with Gasteiger partial charge in [0.15, 0.2) is 0 Å². The standard InChI is InChI=1S/C24H25N5O2.C3H8.H2/c1-15-6-7-22(27-12-15)18-9-19(11-21(10-18)29-8-4-5-23(29)30)24(31)28-16(2)20-13-25-17(3)26-14-20;1-3-2;/h6-7,9-14,16H,4-5,8H2,1-3H3,(H,28,31);3H2,1-2H3;1H/t16-;;/m1../s1. The summed E-state index contributed by atoms with van der Waals surface area (Å²) in [6.07, 6.45) is 7.82. The number of anilines is 1. The molecule has 1 fully saturated rings. The van der Waals surface area contributed by atoms with Crippen LogP contribution in [0.1, 0.15) is 74.8 Å². The van der Waals surface area contributed by atoms with Crippen LogP contribution in [0.5, 0.6) is 0 Å². The molecule has 3 heterocycles. The number of nitrogens with zero attached hydrogens (tertiary/aromatic N) is 4. The molecule has 0 spiro atoms. The molecule has 1 aromatic carbocycles. The molecule has 3 aromatic rings. The first-order valence-corrected chi connectivity index (χ1v) is 11.8. The summed E-state index contributed by atoms with van der Waals surface area (Å²) in [4.78, 5) is 40.1. The molecule has 2 amide bonds. The Labute approximate surface area is 203 Å². The van der Waals surface area contributed by atoms with Crippen LogP contribution in [0, 0.1) is 13.8 Å². The maximum absolute atomic E-state index is 13.1. The molecular weight excluding hydrogens is 426 g/mol. The maximum atomic E-state index is 13.1. The third kappa shape index (κ3) is 6.25. The summed E-state index contributed by atoms with van der Waals surface area (Å²) in [6, 6.07) is 9.16. The second-order valence-electron chi connectivity index (χ2n) is 8.60. The fourth-order valence-electron chi connectivity index (χ4n) is 3.60. The lowest BCUT2D eigenvalue weighted by Crippen LogP contribution is -2.28. The first-order valence-electron chi connectivity index (χ1n) is 11.8. The summed E-state index contributed by atoms with van der Waals surface area (Å²) in [6.45, 7) is 10.6. The highest BCUT2D eigenvalue weighted by atomic mass is 16.2. The lowest BCUT2D eigenvalue weighted by Gasteiger charge is -2.19. The molecule has 34 heavy (non-hydrogen) atoms. The van der Waals surface area contributed by atoms with Crippen molar-refractivity contribution in [3.63, 3.8) is 0 Å². The van der Waals surface area contributed by atoms with Crippen LogP contribution in [0.3, 0.4) is 0 Å². The average molecular weight is 462 g/mol. The van der Waals surface area contributed by atoms with Gasteiger partial charge in [-0.25, -0.2) is 9.97 Å².